The van der Waals surface area contributed by atoms with Crippen LogP contribution in [0.25, 0.3) is 0 Å². The zero-order chi connectivity index (χ0) is 24.8. The Bertz CT molecular complexity index is 966. The van der Waals surface area contributed by atoms with Crippen LogP contribution in [0, 0.1) is 0 Å². The number of hydrogen-bond acceptors (Lipinski definition) is 5. The fraction of sp³-hybridized carbons (Fsp3) is 0.500. The van der Waals surface area contributed by atoms with Gasteiger partial charge in [0.1, 0.15) is 0 Å². The molecule has 1 amide bonds. The van der Waals surface area contributed by atoms with Gasteiger partial charge in [0.15, 0.2) is 0 Å². The molecule has 0 unspecified atom stereocenters. The monoisotopic (exact) mass is 489 g/mol. The maximum Gasteiger partial charge on any atom is 0.416 e. The molecule has 0 saturated carbocycles. The van der Waals surface area contributed by atoms with E-state index < -0.39 is 11.7 Å². The van der Waals surface area contributed by atoms with Gasteiger partial charge in [0.05, 0.1) is 5.56 Å². The Balaban J connectivity index is 1.12. The highest BCUT2D eigenvalue weighted by molar-refractivity contribution is 5.76. The SMILES string of the molecule is Nc1cccc(NC2CCN(C(=O)CCCN3CCN(c4ccc(C(F)(F)F)cc4)CC3)CC2)c1. The molecule has 0 aliphatic carbocycles. The Morgan fingerprint density at radius 3 is 2.29 bits per heavy atom. The topological polar surface area (TPSA) is 64.8 Å². The Labute approximate surface area is 204 Å². The minimum atomic E-state index is -4.31. The quantitative estimate of drug-likeness (QED) is 0.568. The van der Waals surface area contributed by atoms with E-state index in [1.54, 1.807) is 12.1 Å². The predicted octanol–water partition coefficient (Wildman–Crippen LogP) is 4.29. The molecule has 2 fully saturated rings. The number of likely N-dealkylation sites (tertiary alicyclic amines) is 1. The van der Waals surface area contributed by atoms with Crippen LogP contribution in [-0.4, -0.2) is 67.6 Å². The number of anilines is 3. The number of piperidine rings is 1. The van der Waals surface area contributed by atoms with Gasteiger partial charge in [0.25, 0.3) is 0 Å². The van der Waals surface area contributed by atoms with E-state index in [4.69, 9.17) is 5.73 Å². The number of carbonyl (C=O) groups excluding carboxylic acids is 1. The van der Waals surface area contributed by atoms with Gasteiger partial charge < -0.3 is 20.9 Å². The highest BCUT2D eigenvalue weighted by Crippen LogP contribution is 2.30. The van der Waals surface area contributed by atoms with Gasteiger partial charge in [-0.2, -0.15) is 13.2 Å². The molecule has 190 valence electrons. The number of halogens is 3. The Morgan fingerprint density at radius 2 is 1.66 bits per heavy atom. The number of hydrogen-bond donors (Lipinski definition) is 2. The normalized spacial score (nSPS) is 18.0. The lowest BCUT2D eigenvalue weighted by molar-refractivity contribution is -0.137. The third kappa shape index (κ3) is 7.04. The first kappa shape index (κ1) is 25.2. The zero-order valence-electron chi connectivity index (χ0n) is 19.9. The van der Waals surface area contributed by atoms with Crippen LogP contribution in [0.2, 0.25) is 0 Å². The summed E-state index contributed by atoms with van der Waals surface area (Å²) in [6.45, 7) is 5.63. The second-order valence-corrected chi connectivity index (χ2v) is 9.40. The van der Waals surface area contributed by atoms with E-state index in [-0.39, 0.29) is 5.91 Å². The number of alkyl halides is 3. The molecular formula is C26H34F3N5O. The molecule has 2 aromatic rings. The summed E-state index contributed by atoms with van der Waals surface area (Å²) in [4.78, 5) is 19.1. The maximum atomic E-state index is 12.8. The van der Waals surface area contributed by atoms with Gasteiger partial charge in [-0.25, -0.2) is 0 Å². The molecule has 0 atom stereocenters. The molecule has 4 rings (SSSR count). The average Bonchev–Trinajstić information content (AvgIpc) is 2.84. The van der Waals surface area contributed by atoms with Gasteiger partial charge in [0, 0.05) is 68.8 Å². The van der Waals surface area contributed by atoms with Crippen LogP contribution in [-0.2, 0) is 11.0 Å². The van der Waals surface area contributed by atoms with Crippen molar-refractivity contribution in [2.24, 2.45) is 0 Å². The van der Waals surface area contributed by atoms with E-state index >= 15 is 0 Å². The summed E-state index contributed by atoms with van der Waals surface area (Å²) in [6, 6.07) is 13.5. The molecule has 6 nitrogen and oxygen atoms in total. The van der Waals surface area contributed by atoms with Crippen molar-refractivity contribution in [2.75, 3.05) is 61.8 Å². The first-order valence-electron chi connectivity index (χ1n) is 12.3. The Kier molecular flexibility index (Phi) is 8.05. The summed E-state index contributed by atoms with van der Waals surface area (Å²) in [5.41, 5.74) is 7.81. The van der Waals surface area contributed by atoms with Crippen LogP contribution in [0.3, 0.4) is 0 Å². The third-order valence-electron chi connectivity index (χ3n) is 6.90. The third-order valence-corrected chi connectivity index (χ3v) is 6.90. The van der Waals surface area contributed by atoms with Gasteiger partial charge in [-0.1, -0.05) is 6.07 Å². The van der Waals surface area contributed by atoms with E-state index in [2.05, 4.69) is 15.1 Å². The second-order valence-electron chi connectivity index (χ2n) is 9.40. The Hall–Kier alpha value is -2.94. The van der Waals surface area contributed by atoms with Gasteiger partial charge in [0.2, 0.25) is 5.91 Å². The van der Waals surface area contributed by atoms with Crippen molar-refractivity contribution in [1.29, 1.82) is 0 Å². The van der Waals surface area contributed by atoms with Crippen molar-refractivity contribution in [3.8, 4) is 0 Å². The van der Waals surface area contributed by atoms with E-state index in [9.17, 15) is 18.0 Å². The first-order valence-corrected chi connectivity index (χ1v) is 12.3. The molecule has 2 aliphatic heterocycles. The molecular weight excluding hydrogens is 455 g/mol. The van der Waals surface area contributed by atoms with Crippen LogP contribution in [0.1, 0.15) is 31.2 Å². The fourth-order valence-electron chi connectivity index (χ4n) is 4.84. The number of nitrogen functional groups attached to an aromatic ring is 1. The van der Waals surface area contributed by atoms with Crippen LogP contribution in [0.5, 0.6) is 0 Å². The highest BCUT2D eigenvalue weighted by atomic mass is 19.4. The van der Waals surface area contributed by atoms with Crippen molar-refractivity contribution in [3.05, 3.63) is 54.1 Å². The summed E-state index contributed by atoms with van der Waals surface area (Å²) in [5, 5.41) is 3.51. The summed E-state index contributed by atoms with van der Waals surface area (Å²) >= 11 is 0. The number of nitrogens with one attached hydrogen (secondary N) is 1. The maximum absolute atomic E-state index is 12.8. The average molecular weight is 490 g/mol. The molecule has 0 spiro atoms. The molecule has 35 heavy (non-hydrogen) atoms. The van der Waals surface area contributed by atoms with Crippen molar-refractivity contribution in [3.63, 3.8) is 0 Å². The lowest BCUT2D eigenvalue weighted by Gasteiger charge is -2.36. The van der Waals surface area contributed by atoms with Crippen molar-refractivity contribution in [1.82, 2.24) is 9.80 Å². The van der Waals surface area contributed by atoms with Gasteiger partial charge in [-0.15, -0.1) is 0 Å². The van der Waals surface area contributed by atoms with Crippen molar-refractivity contribution < 1.29 is 18.0 Å². The minimum Gasteiger partial charge on any atom is -0.399 e. The van der Waals surface area contributed by atoms with E-state index in [1.165, 1.54) is 0 Å². The second kappa shape index (κ2) is 11.2. The first-order chi connectivity index (χ1) is 16.8. The number of carbonyl (C=O) groups is 1. The predicted molar refractivity (Wildman–Crippen MR) is 133 cm³/mol. The van der Waals surface area contributed by atoms with Crippen LogP contribution in [0.4, 0.5) is 30.2 Å². The summed E-state index contributed by atoms with van der Waals surface area (Å²) in [5.74, 6) is 0.218. The number of piperazine rings is 1. The molecule has 2 aromatic carbocycles. The Morgan fingerprint density at radius 1 is 0.971 bits per heavy atom. The van der Waals surface area contributed by atoms with E-state index in [1.807, 2.05) is 29.2 Å². The number of rotatable bonds is 7. The molecule has 2 heterocycles. The standard InChI is InChI=1S/C26H34F3N5O/c27-26(28,29)20-6-8-24(9-7-20)33-17-15-32(16-18-33)12-2-5-25(35)34-13-10-22(11-14-34)31-23-4-1-3-21(30)19-23/h1,3-4,6-9,19,22,31H,2,5,10-18,30H2. The smallest absolute Gasteiger partial charge is 0.399 e. The zero-order valence-corrected chi connectivity index (χ0v) is 19.9. The summed E-state index contributed by atoms with van der Waals surface area (Å²) in [6.07, 6.45) is -1.09. The van der Waals surface area contributed by atoms with Gasteiger partial charge in [-0.05, 0) is 68.3 Å². The summed E-state index contributed by atoms with van der Waals surface area (Å²) < 4.78 is 38.3. The molecule has 0 bridgehead atoms. The minimum absolute atomic E-state index is 0.218. The molecule has 2 saturated heterocycles. The molecule has 0 aromatic heterocycles. The molecule has 3 N–H and O–H groups in total. The fourth-order valence-corrected chi connectivity index (χ4v) is 4.84. The van der Waals surface area contributed by atoms with Crippen molar-refractivity contribution >= 4 is 23.0 Å². The highest BCUT2D eigenvalue weighted by Gasteiger charge is 2.30. The van der Waals surface area contributed by atoms with Crippen molar-refractivity contribution in [2.45, 2.75) is 37.9 Å². The summed E-state index contributed by atoms with van der Waals surface area (Å²) in [7, 11) is 0. The van der Waals surface area contributed by atoms with Crippen LogP contribution in [0.15, 0.2) is 48.5 Å². The molecule has 0 radical (unpaired) electrons. The molecule has 9 heteroatoms. The lowest BCUT2D eigenvalue weighted by Crippen LogP contribution is -2.47. The lowest BCUT2D eigenvalue weighted by atomic mass is 10.0. The van der Waals surface area contributed by atoms with Crippen LogP contribution < -0.4 is 16.0 Å². The van der Waals surface area contributed by atoms with E-state index in [0.29, 0.717) is 12.5 Å². The number of benzene rings is 2. The molecule has 2 aliphatic rings. The van der Waals surface area contributed by atoms with Crippen LogP contribution >= 0.6 is 0 Å². The number of nitrogens with two attached hydrogens (primary N) is 1. The largest absolute Gasteiger partial charge is 0.416 e. The number of amides is 1. The van der Waals surface area contributed by atoms with Gasteiger partial charge >= 0.3 is 6.18 Å². The van der Waals surface area contributed by atoms with E-state index in [0.717, 1.165) is 94.3 Å². The number of nitrogens with zero attached hydrogens (tertiary/aromatic N) is 3. The van der Waals surface area contributed by atoms with Gasteiger partial charge in [-0.3, -0.25) is 9.69 Å².